The van der Waals surface area contributed by atoms with Gasteiger partial charge in [0.15, 0.2) is 5.71 Å². The van der Waals surface area contributed by atoms with Crippen molar-refractivity contribution in [2.75, 3.05) is 18.6 Å². The Labute approximate surface area is 158 Å². The Morgan fingerprint density at radius 2 is 1.37 bits per heavy atom. The molecule has 0 saturated heterocycles. The Hall–Kier alpha value is -3.15. The number of hydrazone groups is 1. The molecule has 0 radical (unpaired) electrons. The van der Waals surface area contributed by atoms with Gasteiger partial charge in [0.05, 0.1) is 24.5 Å². The average Bonchev–Trinajstić information content (AvgIpc) is 2.71. The third kappa shape index (κ3) is 5.17. The molecule has 2 aromatic carbocycles. The molecule has 6 nitrogen and oxygen atoms in total. The van der Waals surface area contributed by atoms with Crippen LogP contribution in [0.25, 0.3) is 0 Å². The van der Waals surface area contributed by atoms with E-state index in [1.54, 1.807) is 36.4 Å². The third-order valence-electron chi connectivity index (χ3n) is 4.18. The van der Waals surface area contributed by atoms with Gasteiger partial charge in [0, 0.05) is 5.56 Å². The number of carbonyl (C=O) groups excluding carboxylic acids is 2. The summed E-state index contributed by atoms with van der Waals surface area (Å²) in [6.45, 7) is 0.701. The Morgan fingerprint density at radius 1 is 0.741 bits per heavy atom. The average molecular weight is 366 g/mol. The number of esters is 2. The molecule has 27 heavy (non-hydrogen) atoms. The fourth-order valence-corrected chi connectivity index (χ4v) is 2.73. The molecule has 0 aromatic heterocycles. The van der Waals surface area contributed by atoms with Gasteiger partial charge in [-0.1, -0.05) is 42.5 Å². The van der Waals surface area contributed by atoms with Crippen molar-refractivity contribution in [2.24, 2.45) is 5.10 Å². The minimum Gasteiger partial charge on any atom is -0.462 e. The van der Waals surface area contributed by atoms with Crippen LogP contribution in [0.15, 0.2) is 59.7 Å². The highest BCUT2D eigenvalue weighted by molar-refractivity contribution is 6.43. The van der Waals surface area contributed by atoms with Gasteiger partial charge in [-0.15, -0.1) is 0 Å². The second kappa shape index (κ2) is 9.52. The predicted molar refractivity (Wildman–Crippen MR) is 103 cm³/mol. The highest BCUT2D eigenvalue weighted by atomic mass is 16.5. The molecule has 0 amide bonds. The molecule has 0 unspecified atom stereocenters. The number of carbonyl (C=O) groups is 2. The summed E-state index contributed by atoms with van der Waals surface area (Å²) < 4.78 is 10.7. The molecule has 0 spiro atoms. The van der Waals surface area contributed by atoms with Crippen LogP contribution in [0.2, 0.25) is 0 Å². The highest BCUT2D eigenvalue weighted by Crippen LogP contribution is 2.17. The number of ether oxygens (including phenoxy) is 2. The number of hydrogen-bond acceptors (Lipinski definition) is 6. The number of anilines is 1. The summed E-state index contributed by atoms with van der Waals surface area (Å²) in [6.07, 6.45) is 3.35. The van der Waals surface area contributed by atoms with Crippen LogP contribution in [-0.4, -0.2) is 30.9 Å². The molecular weight excluding hydrogens is 344 g/mol. The number of para-hydroxylation sites is 1. The first-order valence-corrected chi connectivity index (χ1v) is 9.08. The van der Waals surface area contributed by atoms with E-state index in [4.69, 9.17) is 9.47 Å². The molecule has 0 saturated carbocycles. The van der Waals surface area contributed by atoms with Gasteiger partial charge >= 0.3 is 11.9 Å². The minimum atomic E-state index is -0.497. The largest absolute Gasteiger partial charge is 0.462 e. The Morgan fingerprint density at radius 3 is 2.11 bits per heavy atom. The monoisotopic (exact) mass is 366 g/mol. The molecular formula is C21H22N2O4. The summed E-state index contributed by atoms with van der Waals surface area (Å²) in [7, 11) is 0. The standard InChI is InChI=1S/C21H22N2O4/c24-20-17-12-6-7-13-18(17)22-23-19(16-10-4-3-5-11-16)21(25)27-15-9-2-1-8-14-26-20/h3-7,10-13,22H,1-2,8-9,14-15H2/b23-19-. The van der Waals surface area contributed by atoms with Gasteiger partial charge < -0.3 is 9.47 Å². The van der Waals surface area contributed by atoms with E-state index in [1.807, 2.05) is 18.2 Å². The van der Waals surface area contributed by atoms with Gasteiger partial charge in [-0.25, -0.2) is 9.59 Å². The number of nitrogens with zero attached hydrogens (tertiary/aromatic N) is 1. The van der Waals surface area contributed by atoms with E-state index >= 15 is 0 Å². The maximum absolute atomic E-state index is 12.5. The number of hydrogen-bond donors (Lipinski definition) is 1. The van der Waals surface area contributed by atoms with Gasteiger partial charge in [-0.3, -0.25) is 5.43 Å². The van der Waals surface area contributed by atoms with Crippen LogP contribution in [0.3, 0.4) is 0 Å². The summed E-state index contributed by atoms with van der Waals surface area (Å²) in [6, 6.07) is 16.0. The summed E-state index contributed by atoms with van der Waals surface area (Å²) in [5.41, 5.74) is 4.47. The summed E-state index contributed by atoms with van der Waals surface area (Å²) >= 11 is 0. The molecule has 1 aliphatic rings. The number of nitrogens with one attached hydrogen (secondary N) is 1. The van der Waals surface area contributed by atoms with Gasteiger partial charge in [0.2, 0.25) is 0 Å². The number of cyclic esters (lactones) is 2. The van der Waals surface area contributed by atoms with E-state index in [9.17, 15) is 9.59 Å². The first-order valence-electron chi connectivity index (χ1n) is 9.08. The number of benzene rings is 2. The lowest BCUT2D eigenvalue weighted by Gasteiger charge is -2.10. The molecule has 0 fully saturated rings. The zero-order chi connectivity index (χ0) is 18.9. The van der Waals surface area contributed by atoms with Crippen molar-refractivity contribution >= 4 is 23.3 Å². The van der Waals surface area contributed by atoms with Gasteiger partial charge in [-0.2, -0.15) is 5.10 Å². The first-order chi connectivity index (χ1) is 13.3. The van der Waals surface area contributed by atoms with Crippen LogP contribution < -0.4 is 5.43 Å². The molecule has 140 valence electrons. The smallest absolute Gasteiger partial charge is 0.359 e. The minimum absolute atomic E-state index is 0.161. The SMILES string of the molecule is O=C1OCCCCCCOC(=O)c2ccccc2N/N=C\1c1ccccc1. The lowest BCUT2D eigenvalue weighted by Crippen LogP contribution is -2.21. The maximum atomic E-state index is 12.5. The zero-order valence-electron chi connectivity index (χ0n) is 15.0. The van der Waals surface area contributed by atoms with Crippen LogP contribution in [0.1, 0.15) is 41.6 Å². The summed E-state index contributed by atoms with van der Waals surface area (Å²) in [5.74, 6) is -0.907. The van der Waals surface area contributed by atoms with Crippen molar-refractivity contribution in [3.63, 3.8) is 0 Å². The van der Waals surface area contributed by atoms with E-state index in [2.05, 4.69) is 10.5 Å². The summed E-state index contributed by atoms with van der Waals surface area (Å²) in [5, 5.41) is 4.25. The molecule has 1 N–H and O–H groups in total. The van der Waals surface area contributed by atoms with Gasteiger partial charge in [0.25, 0.3) is 0 Å². The van der Waals surface area contributed by atoms with Crippen LogP contribution in [0.4, 0.5) is 5.69 Å². The lowest BCUT2D eigenvalue weighted by molar-refractivity contribution is -0.135. The zero-order valence-corrected chi connectivity index (χ0v) is 15.0. The highest BCUT2D eigenvalue weighted by Gasteiger charge is 2.18. The Kier molecular flexibility index (Phi) is 6.57. The quantitative estimate of drug-likeness (QED) is 0.777. The molecule has 0 bridgehead atoms. The van der Waals surface area contributed by atoms with Gasteiger partial charge in [0.1, 0.15) is 0 Å². The van der Waals surface area contributed by atoms with Crippen LogP contribution in [0, 0.1) is 0 Å². The van der Waals surface area contributed by atoms with Crippen molar-refractivity contribution in [3.8, 4) is 0 Å². The van der Waals surface area contributed by atoms with Crippen molar-refractivity contribution < 1.29 is 19.1 Å². The van der Waals surface area contributed by atoms with Gasteiger partial charge in [-0.05, 0) is 37.8 Å². The second-order valence-corrected chi connectivity index (χ2v) is 6.17. The lowest BCUT2D eigenvalue weighted by atomic mass is 10.1. The van der Waals surface area contributed by atoms with Crippen LogP contribution >= 0.6 is 0 Å². The number of fused-ring (bicyclic) bond motifs is 1. The first kappa shape index (κ1) is 18.6. The predicted octanol–water partition coefficient (Wildman–Crippen LogP) is 3.78. The number of rotatable bonds is 1. The summed E-state index contributed by atoms with van der Waals surface area (Å²) in [4.78, 5) is 24.9. The Balaban J connectivity index is 1.93. The van der Waals surface area contributed by atoms with Crippen LogP contribution in [0.5, 0.6) is 0 Å². The van der Waals surface area contributed by atoms with Crippen molar-refractivity contribution in [1.29, 1.82) is 0 Å². The molecule has 0 aliphatic carbocycles. The fraction of sp³-hybridized carbons (Fsp3) is 0.286. The molecule has 1 aliphatic heterocycles. The molecule has 1 heterocycles. The molecule has 2 aromatic rings. The van der Waals surface area contributed by atoms with E-state index in [-0.39, 0.29) is 5.71 Å². The van der Waals surface area contributed by atoms with Crippen molar-refractivity contribution in [2.45, 2.75) is 25.7 Å². The normalized spacial score (nSPS) is 18.4. The van der Waals surface area contributed by atoms with E-state index < -0.39 is 11.9 Å². The van der Waals surface area contributed by atoms with Crippen molar-refractivity contribution in [1.82, 2.24) is 0 Å². The third-order valence-corrected chi connectivity index (χ3v) is 4.18. The Bertz CT molecular complexity index is 818. The fourth-order valence-electron chi connectivity index (χ4n) is 2.73. The molecule has 0 atom stereocenters. The maximum Gasteiger partial charge on any atom is 0.359 e. The van der Waals surface area contributed by atoms with Crippen molar-refractivity contribution in [3.05, 3.63) is 65.7 Å². The second-order valence-electron chi connectivity index (χ2n) is 6.17. The van der Waals surface area contributed by atoms with E-state index in [0.29, 0.717) is 30.0 Å². The topological polar surface area (TPSA) is 77.0 Å². The van der Waals surface area contributed by atoms with E-state index in [0.717, 1.165) is 25.7 Å². The van der Waals surface area contributed by atoms with Crippen LogP contribution in [-0.2, 0) is 14.3 Å². The van der Waals surface area contributed by atoms with E-state index in [1.165, 1.54) is 0 Å². The molecule has 3 rings (SSSR count). The molecule has 6 heteroatoms.